The van der Waals surface area contributed by atoms with Gasteiger partial charge in [0.1, 0.15) is 0 Å². The normalized spacial score (nSPS) is 19.9. The van der Waals surface area contributed by atoms with Gasteiger partial charge in [0.2, 0.25) is 5.91 Å². The fourth-order valence-corrected chi connectivity index (χ4v) is 2.40. The standard InChI is InChI=1S/C15H22N2O/c1-4-12-5-7-13(8-6-12)17-10-9-14(15(17)18)16-11(2)3/h5-8,11,14,16H,4,9-10H2,1-3H3. The van der Waals surface area contributed by atoms with Crippen molar-refractivity contribution < 1.29 is 4.79 Å². The molecule has 1 atom stereocenters. The summed E-state index contributed by atoms with van der Waals surface area (Å²) in [7, 11) is 0. The summed E-state index contributed by atoms with van der Waals surface area (Å²) in [6.45, 7) is 7.10. The van der Waals surface area contributed by atoms with Crippen LogP contribution in [0.25, 0.3) is 0 Å². The van der Waals surface area contributed by atoms with Gasteiger partial charge in [0.15, 0.2) is 0 Å². The summed E-state index contributed by atoms with van der Waals surface area (Å²) in [4.78, 5) is 14.1. The molecule has 3 heteroatoms. The molecule has 0 spiro atoms. The van der Waals surface area contributed by atoms with Gasteiger partial charge in [-0.05, 0) is 30.5 Å². The van der Waals surface area contributed by atoms with Gasteiger partial charge in [-0.1, -0.05) is 32.9 Å². The van der Waals surface area contributed by atoms with Crippen molar-refractivity contribution in [3.05, 3.63) is 29.8 Å². The highest BCUT2D eigenvalue weighted by Crippen LogP contribution is 2.22. The van der Waals surface area contributed by atoms with Crippen molar-refractivity contribution >= 4 is 11.6 Å². The van der Waals surface area contributed by atoms with Gasteiger partial charge in [0, 0.05) is 18.3 Å². The number of hydrogen-bond donors (Lipinski definition) is 1. The minimum absolute atomic E-state index is 0.0177. The second kappa shape index (κ2) is 5.53. The fourth-order valence-electron chi connectivity index (χ4n) is 2.40. The summed E-state index contributed by atoms with van der Waals surface area (Å²) in [5.74, 6) is 0.202. The summed E-state index contributed by atoms with van der Waals surface area (Å²) in [6, 6.07) is 8.64. The second-order valence-corrected chi connectivity index (χ2v) is 5.17. The number of nitrogens with zero attached hydrogens (tertiary/aromatic N) is 1. The predicted octanol–water partition coefficient (Wildman–Crippen LogP) is 2.35. The molecule has 0 saturated carbocycles. The van der Waals surface area contributed by atoms with E-state index in [1.807, 2.05) is 4.90 Å². The molecule has 1 N–H and O–H groups in total. The number of carbonyl (C=O) groups is 1. The van der Waals surface area contributed by atoms with E-state index in [0.717, 1.165) is 25.1 Å². The fraction of sp³-hybridized carbons (Fsp3) is 0.533. The molecule has 1 aliphatic rings. The minimum atomic E-state index is -0.0177. The molecular weight excluding hydrogens is 224 g/mol. The van der Waals surface area contributed by atoms with Gasteiger partial charge in [-0.3, -0.25) is 4.79 Å². The van der Waals surface area contributed by atoms with Gasteiger partial charge in [-0.25, -0.2) is 0 Å². The molecule has 1 aromatic carbocycles. The summed E-state index contributed by atoms with van der Waals surface area (Å²) in [5.41, 5.74) is 2.33. The lowest BCUT2D eigenvalue weighted by molar-refractivity contribution is -0.118. The average Bonchev–Trinajstić information content (AvgIpc) is 2.71. The second-order valence-electron chi connectivity index (χ2n) is 5.17. The number of rotatable bonds is 4. The lowest BCUT2D eigenvalue weighted by Gasteiger charge is -2.18. The van der Waals surface area contributed by atoms with E-state index >= 15 is 0 Å². The molecule has 1 saturated heterocycles. The Morgan fingerprint density at radius 2 is 2.00 bits per heavy atom. The van der Waals surface area contributed by atoms with E-state index in [4.69, 9.17) is 0 Å². The van der Waals surface area contributed by atoms with Crippen LogP contribution in [-0.4, -0.2) is 24.5 Å². The van der Waals surface area contributed by atoms with Crippen LogP contribution in [0.3, 0.4) is 0 Å². The van der Waals surface area contributed by atoms with Crippen molar-refractivity contribution in [3.63, 3.8) is 0 Å². The van der Waals surface area contributed by atoms with Crippen molar-refractivity contribution in [2.75, 3.05) is 11.4 Å². The topological polar surface area (TPSA) is 32.3 Å². The van der Waals surface area contributed by atoms with E-state index in [2.05, 4.69) is 50.4 Å². The van der Waals surface area contributed by atoms with Gasteiger partial charge < -0.3 is 10.2 Å². The van der Waals surface area contributed by atoms with Crippen LogP contribution in [0.4, 0.5) is 5.69 Å². The maximum absolute atomic E-state index is 12.3. The Bertz CT molecular complexity index is 411. The van der Waals surface area contributed by atoms with Gasteiger partial charge in [0.05, 0.1) is 6.04 Å². The molecule has 1 aromatic rings. The minimum Gasteiger partial charge on any atom is -0.311 e. The number of amides is 1. The molecule has 1 unspecified atom stereocenters. The van der Waals surface area contributed by atoms with Crippen molar-refractivity contribution in [1.29, 1.82) is 0 Å². The Labute approximate surface area is 109 Å². The first kappa shape index (κ1) is 13.1. The van der Waals surface area contributed by atoms with Crippen LogP contribution in [0, 0.1) is 0 Å². The molecule has 0 aliphatic carbocycles. The first-order chi connectivity index (χ1) is 8.61. The Hall–Kier alpha value is -1.35. The Balaban J connectivity index is 2.08. The summed E-state index contributed by atoms with van der Waals surface area (Å²) >= 11 is 0. The highest BCUT2D eigenvalue weighted by molar-refractivity contribution is 5.99. The maximum atomic E-state index is 12.3. The van der Waals surface area contributed by atoms with Crippen LogP contribution >= 0.6 is 0 Å². The van der Waals surface area contributed by atoms with Gasteiger partial charge in [0.25, 0.3) is 0 Å². The molecule has 1 aliphatic heterocycles. The highest BCUT2D eigenvalue weighted by atomic mass is 16.2. The number of aryl methyl sites for hydroxylation is 1. The third-order valence-electron chi connectivity index (χ3n) is 3.40. The van der Waals surface area contributed by atoms with Crippen LogP contribution < -0.4 is 10.2 Å². The first-order valence-corrected chi connectivity index (χ1v) is 6.78. The van der Waals surface area contributed by atoms with Crippen molar-refractivity contribution in [3.8, 4) is 0 Å². The first-order valence-electron chi connectivity index (χ1n) is 6.78. The molecule has 0 bridgehead atoms. The lowest BCUT2D eigenvalue weighted by Crippen LogP contribution is -2.41. The summed E-state index contributed by atoms with van der Waals surface area (Å²) in [5, 5.41) is 3.32. The number of carbonyl (C=O) groups excluding carboxylic acids is 1. The molecule has 18 heavy (non-hydrogen) atoms. The number of hydrogen-bond acceptors (Lipinski definition) is 2. The van der Waals surface area contributed by atoms with Crippen molar-refractivity contribution in [2.24, 2.45) is 0 Å². The highest BCUT2D eigenvalue weighted by Gasteiger charge is 2.32. The molecular formula is C15H22N2O. The van der Waals surface area contributed by atoms with E-state index < -0.39 is 0 Å². The molecule has 2 rings (SSSR count). The largest absolute Gasteiger partial charge is 0.311 e. The average molecular weight is 246 g/mol. The Morgan fingerprint density at radius 3 is 2.56 bits per heavy atom. The molecule has 0 radical (unpaired) electrons. The van der Waals surface area contributed by atoms with E-state index in [1.54, 1.807) is 0 Å². The molecule has 3 nitrogen and oxygen atoms in total. The van der Waals surface area contributed by atoms with Gasteiger partial charge in [-0.2, -0.15) is 0 Å². The van der Waals surface area contributed by atoms with Crippen LogP contribution in [0.15, 0.2) is 24.3 Å². The third kappa shape index (κ3) is 2.72. The zero-order valence-corrected chi connectivity index (χ0v) is 11.4. The zero-order chi connectivity index (χ0) is 13.1. The van der Waals surface area contributed by atoms with E-state index in [-0.39, 0.29) is 11.9 Å². The van der Waals surface area contributed by atoms with Crippen molar-refractivity contribution in [2.45, 2.75) is 45.7 Å². The zero-order valence-electron chi connectivity index (χ0n) is 11.4. The van der Waals surface area contributed by atoms with Crippen LogP contribution in [0.1, 0.15) is 32.8 Å². The molecule has 1 amide bonds. The third-order valence-corrected chi connectivity index (χ3v) is 3.40. The SMILES string of the molecule is CCc1ccc(N2CCC(NC(C)C)C2=O)cc1. The number of nitrogens with one attached hydrogen (secondary N) is 1. The molecule has 1 heterocycles. The molecule has 98 valence electrons. The van der Waals surface area contributed by atoms with E-state index in [0.29, 0.717) is 6.04 Å². The summed E-state index contributed by atoms with van der Waals surface area (Å²) in [6.07, 6.45) is 1.93. The summed E-state index contributed by atoms with van der Waals surface area (Å²) < 4.78 is 0. The van der Waals surface area contributed by atoms with Gasteiger partial charge >= 0.3 is 0 Å². The van der Waals surface area contributed by atoms with Gasteiger partial charge in [-0.15, -0.1) is 0 Å². The quantitative estimate of drug-likeness (QED) is 0.884. The maximum Gasteiger partial charge on any atom is 0.244 e. The van der Waals surface area contributed by atoms with E-state index in [1.165, 1.54) is 5.56 Å². The van der Waals surface area contributed by atoms with Crippen molar-refractivity contribution in [1.82, 2.24) is 5.32 Å². The smallest absolute Gasteiger partial charge is 0.244 e. The molecule has 1 fully saturated rings. The lowest BCUT2D eigenvalue weighted by atomic mass is 10.1. The Kier molecular flexibility index (Phi) is 4.02. The Morgan fingerprint density at radius 1 is 1.33 bits per heavy atom. The van der Waals surface area contributed by atoms with E-state index in [9.17, 15) is 4.79 Å². The predicted molar refractivity (Wildman–Crippen MR) is 74.8 cm³/mol. The number of anilines is 1. The molecule has 0 aromatic heterocycles. The number of benzene rings is 1. The van der Waals surface area contributed by atoms with Crippen LogP contribution in [0.2, 0.25) is 0 Å². The monoisotopic (exact) mass is 246 g/mol. The van der Waals surface area contributed by atoms with Crippen LogP contribution in [0.5, 0.6) is 0 Å². The van der Waals surface area contributed by atoms with Crippen LogP contribution in [-0.2, 0) is 11.2 Å².